The van der Waals surface area contributed by atoms with Crippen molar-refractivity contribution in [3.63, 3.8) is 0 Å². The van der Waals surface area contributed by atoms with E-state index in [1.807, 2.05) is 13.0 Å². The molecular weight excluding hydrogens is 314 g/mol. The number of non-ortho nitro benzene ring substituents is 1. The lowest BCUT2D eigenvalue weighted by atomic mass is 10.3. The Morgan fingerprint density at radius 3 is 2.96 bits per heavy atom. The maximum absolute atomic E-state index is 12.1. The molecule has 1 aromatic carbocycles. The number of H-pyrrole nitrogens is 1. The zero-order valence-electron chi connectivity index (χ0n) is 12.5. The van der Waals surface area contributed by atoms with E-state index < -0.39 is 10.7 Å². The van der Waals surface area contributed by atoms with E-state index in [0.717, 1.165) is 11.1 Å². The molecule has 0 atom stereocenters. The number of aryl methyl sites for hydroxylation is 1. The summed E-state index contributed by atoms with van der Waals surface area (Å²) in [4.78, 5) is 34.0. The molecule has 0 unspecified atom stereocenters. The predicted molar refractivity (Wildman–Crippen MR) is 84.9 cm³/mol. The van der Waals surface area contributed by atoms with E-state index in [1.54, 1.807) is 6.20 Å². The van der Waals surface area contributed by atoms with Gasteiger partial charge in [0.1, 0.15) is 5.82 Å². The molecule has 4 aromatic rings. The first-order chi connectivity index (χ1) is 11.5. The van der Waals surface area contributed by atoms with E-state index in [4.69, 9.17) is 4.42 Å². The Kier molecular flexibility index (Phi) is 2.95. The van der Waals surface area contributed by atoms with E-state index in [-0.39, 0.29) is 17.8 Å². The average Bonchev–Trinajstić information content (AvgIpc) is 3.09. The monoisotopic (exact) mass is 325 g/mol. The second-order valence-corrected chi connectivity index (χ2v) is 5.37. The summed E-state index contributed by atoms with van der Waals surface area (Å²) in [6, 6.07) is 5.92. The number of nitro groups is 1. The van der Waals surface area contributed by atoms with Gasteiger partial charge in [-0.15, -0.1) is 0 Å². The minimum absolute atomic E-state index is 0.132. The number of nitrogens with zero attached hydrogens (tertiary/aromatic N) is 4. The van der Waals surface area contributed by atoms with E-state index in [1.165, 1.54) is 22.8 Å². The number of hydrogen-bond donors (Lipinski definition) is 1. The maximum atomic E-state index is 12.1. The van der Waals surface area contributed by atoms with Gasteiger partial charge in [-0.25, -0.2) is 14.8 Å². The first-order valence-corrected chi connectivity index (χ1v) is 7.11. The molecule has 0 spiro atoms. The Morgan fingerprint density at radius 1 is 1.38 bits per heavy atom. The van der Waals surface area contributed by atoms with Crippen LogP contribution in [-0.2, 0) is 6.54 Å². The number of aromatic amines is 1. The molecule has 0 amide bonds. The molecule has 1 N–H and O–H groups in total. The third-order valence-corrected chi connectivity index (χ3v) is 3.82. The van der Waals surface area contributed by atoms with Crippen molar-refractivity contribution in [2.75, 3.05) is 0 Å². The Labute approximate surface area is 133 Å². The lowest BCUT2D eigenvalue weighted by Crippen LogP contribution is -2.15. The van der Waals surface area contributed by atoms with Crippen LogP contribution in [0, 0.1) is 17.0 Å². The second-order valence-electron chi connectivity index (χ2n) is 5.37. The smallest absolute Gasteiger partial charge is 0.407 e. The van der Waals surface area contributed by atoms with E-state index in [2.05, 4.69) is 15.0 Å². The number of hydrogen-bond acceptors (Lipinski definition) is 6. The number of nitro benzene ring substituents is 1. The topological polar surface area (TPSA) is 120 Å². The van der Waals surface area contributed by atoms with Crippen molar-refractivity contribution >= 4 is 28.0 Å². The highest BCUT2D eigenvalue weighted by atomic mass is 16.6. The van der Waals surface area contributed by atoms with Gasteiger partial charge in [0.15, 0.2) is 11.2 Å². The van der Waals surface area contributed by atoms with Gasteiger partial charge in [0.25, 0.3) is 5.69 Å². The summed E-state index contributed by atoms with van der Waals surface area (Å²) in [6.07, 6.45) is 1.67. The Hall–Kier alpha value is -3.49. The van der Waals surface area contributed by atoms with Crippen molar-refractivity contribution in [3.8, 4) is 0 Å². The summed E-state index contributed by atoms with van der Waals surface area (Å²) in [5, 5.41) is 10.8. The van der Waals surface area contributed by atoms with Crippen LogP contribution < -0.4 is 5.76 Å². The van der Waals surface area contributed by atoms with Gasteiger partial charge in [-0.05, 0) is 24.6 Å². The summed E-state index contributed by atoms with van der Waals surface area (Å²) in [5.41, 5.74) is 2.88. The number of imidazole rings is 1. The third kappa shape index (κ3) is 2.14. The largest absolute Gasteiger partial charge is 0.420 e. The Balaban J connectivity index is 1.81. The van der Waals surface area contributed by atoms with Crippen molar-refractivity contribution in [1.29, 1.82) is 0 Å². The first kappa shape index (κ1) is 14.1. The first-order valence-electron chi connectivity index (χ1n) is 7.11. The van der Waals surface area contributed by atoms with Crippen LogP contribution in [0.4, 0.5) is 5.69 Å². The SMILES string of the molecule is Cc1ccnc2nc(Cn3c(=O)oc4cc([N+](=O)[O-])ccc43)[nH]c12. The van der Waals surface area contributed by atoms with Crippen molar-refractivity contribution in [2.45, 2.75) is 13.5 Å². The molecule has 0 aliphatic heterocycles. The van der Waals surface area contributed by atoms with Crippen LogP contribution in [-0.4, -0.2) is 24.4 Å². The number of pyridine rings is 1. The van der Waals surface area contributed by atoms with Gasteiger partial charge in [-0.1, -0.05) is 0 Å². The van der Waals surface area contributed by atoms with Gasteiger partial charge >= 0.3 is 5.76 Å². The summed E-state index contributed by atoms with van der Waals surface area (Å²) in [5.74, 6) is -0.0504. The van der Waals surface area contributed by atoms with Crippen molar-refractivity contribution < 1.29 is 9.34 Å². The second kappa shape index (κ2) is 5.01. The molecule has 0 fully saturated rings. The van der Waals surface area contributed by atoms with Crippen LogP contribution >= 0.6 is 0 Å². The fourth-order valence-electron chi connectivity index (χ4n) is 2.63. The van der Waals surface area contributed by atoms with Crippen LogP contribution in [0.1, 0.15) is 11.4 Å². The normalized spacial score (nSPS) is 11.4. The fourth-order valence-corrected chi connectivity index (χ4v) is 2.63. The minimum atomic E-state index is -0.601. The van der Waals surface area contributed by atoms with Crippen LogP contribution in [0.5, 0.6) is 0 Å². The molecule has 0 saturated carbocycles. The molecular formula is C15H11N5O4. The van der Waals surface area contributed by atoms with Crippen LogP contribution in [0.2, 0.25) is 0 Å². The predicted octanol–water partition coefficient (Wildman–Crippen LogP) is 2.13. The van der Waals surface area contributed by atoms with Gasteiger partial charge in [-0.2, -0.15) is 0 Å². The highest BCUT2D eigenvalue weighted by Crippen LogP contribution is 2.21. The molecule has 3 aromatic heterocycles. The summed E-state index contributed by atoms with van der Waals surface area (Å²) in [6.45, 7) is 2.09. The zero-order chi connectivity index (χ0) is 16.8. The van der Waals surface area contributed by atoms with E-state index >= 15 is 0 Å². The number of aromatic nitrogens is 4. The number of fused-ring (bicyclic) bond motifs is 2. The number of benzene rings is 1. The average molecular weight is 325 g/mol. The van der Waals surface area contributed by atoms with Crippen LogP contribution in [0.15, 0.2) is 39.7 Å². The summed E-state index contributed by atoms with van der Waals surface area (Å²) in [7, 11) is 0. The summed E-state index contributed by atoms with van der Waals surface area (Å²) < 4.78 is 6.47. The van der Waals surface area contributed by atoms with Crippen LogP contribution in [0.25, 0.3) is 22.3 Å². The highest BCUT2D eigenvalue weighted by molar-refractivity contribution is 5.76. The number of rotatable bonds is 3. The molecule has 4 rings (SSSR count). The Bertz CT molecular complexity index is 1150. The molecule has 3 heterocycles. The van der Waals surface area contributed by atoms with Crippen molar-refractivity contribution in [2.24, 2.45) is 0 Å². The molecule has 0 radical (unpaired) electrons. The molecule has 9 heteroatoms. The number of nitrogens with one attached hydrogen (secondary N) is 1. The van der Waals surface area contributed by atoms with Gasteiger partial charge in [0.2, 0.25) is 0 Å². The molecule has 24 heavy (non-hydrogen) atoms. The van der Waals surface area contributed by atoms with Gasteiger partial charge in [0.05, 0.1) is 28.6 Å². The Morgan fingerprint density at radius 2 is 2.21 bits per heavy atom. The van der Waals surface area contributed by atoms with Crippen molar-refractivity contribution in [1.82, 2.24) is 19.5 Å². The molecule has 0 saturated heterocycles. The lowest BCUT2D eigenvalue weighted by Gasteiger charge is -1.98. The molecule has 0 aliphatic carbocycles. The molecule has 0 aliphatic rings. The third-order valence-electron chi connectivity index (χ3n) is 3.82. The standard InChI is InChI=1S/C15H11N5O4/c1-8-4-5-16-14-13(8)17-12(18-14)7-19-10-3-2-9(20(22)23)6-11(10)24-15(19)21/h2-6H,7H2,1H3,(H,16,17,18). The number of oxazole rings is 1. The van der Waals surface area contributed by atoms with E-state index in [9.17, 15) is 14.9 Å². The van der Waals surface area contributed by atoms with Gasteiger partial charge in [0, 0.05) is 12.3 Å². The maximum Gasteiger partial charge on any atom is 0.420 e. The minimum Gasteiger partial charge on any atom is -0.407 e. The lowest BCUT2D eigenvalue weighted by molar-refractivity contribution is -0.384. The van der Waals surface area contributed by atoms with E-state index in [0.29, 0.717) is 17.0 Å². The van der Waals surface area contributed by atoms with Crippen molar-refractivity contribution in [3.05, 3.63) is 62.5 Å². The molecule has 9 nitrogen and oxygen atoms in total. The van der Waals surface area contributed by atoms with Gasteiger partial charge < -0.3 is 9.40 Å². The summed E-state index contributed by atoms with van der Waals surface area (Å²) >= 11 is 0. The van der Waals surface area contributed by atoms with Crippen LogP contribution in [0.3, 0.4) is 0 Å². The highest BCUT2D eigenvalue weighted by Gasteiger charge is 2.16. The quantitative estimate of drug-likeness (QED) is 0.455. The van der Waals surface area contributed by atoms with Gasteiger partial charge in [-0.3, -0.25) is 14.7 Å². The fraction of sp³-hybridized carbons (Fsp3) is 0.133. The zero-order valence-corrected chi connectivity index (χ0v) is 12.5. The molecule has 0 bridgehead atoms. The molecule has 120 valence electrons.